The van der Waals surface area contributed by atoms with Crippen LogP contribution in [0.5, 0.6) is 0 Å². The van der Waals surface area contributed by atoms with Gasteiger partial charge in [-0.1, -0.05) is 13.8 Å². The Hall–Kier alpha value is -0.450. The standard InChI is InChI=1S/C13H25N3S/c1-10(2)6-12(16(4)5)7-15-11(3)13-8-14-9-17-13/h8-12,15H,6-7H2,1-5H3. The average Bonchev–Trinajstić information content (AvgIpc) is 2.76. The molecule has 1 N–H and O–H groups in total. The van der Waals surface area contributed by atoms with E-state index < -0.39 is 0 Å². The molecule has 2 unspecified atom stereocenters. The summed E-state index contributed by atoms with van der Waals surface area (Å²) in [5, 5.41) is 3.60. The van der Waals surface area contributed by atoms with E-state index in [4.69, 9.17) is 0 Å². The molecule has 0 aliphatic carbocycles. The normalized spacial score (nSPS) is 15.5. The number of aromatic nitrogens is 1. The van der Waals surface area contributed by atoms with Crippen LogP contribution in [0.15, 0.2) is 11.7 Å². The molecule has 1 aromatic heterocycles. The van der Waals surface area contributed by atoms with Crippen molar-refractivity contribution in [2.24, 2.45) is 5.92 Å². The fourth-order valence-corrected chi connectivity index (χ4v) is 2.53. The Labute approximate surface area is 109 Å². The summed E-state index contributed by atoms with van der Waals surface area (Å²) < 4.78 is 0. The first-order valence-electron chi connectivity index (χ1n) is 6.29. The minimum atomic E-state index is 0.400. The van der Waals surface area contributed by atoms with Crippen molar-refractivity contribution in [3.63, 3.8) is 0 Å². The Bertz CT molecular complexity index is 296. The molecule has 1 aromatic rings. The van der Waals surface area contributed by atoms with Crippen LogP contribution in [-0.2, 0) is 0 Å². The minimum absolute atomic E-state index is 0.400. The predicted octanol–water partition coefficient (Wildman–Crippen LogP) is 2.77. The van der Waals surface area contributed by atoms with Gasteiger partial charge in [0.05, 0.1) is 5.51 Å². The van der Waals surface area contributed by atoms with Crippen molar-refractivity contribution in [2.75, 3.05) is 20.6 Å². The van der Waals surface area contributed by atoms with Gasteiger partial charge < -0.3 is 10.2 Å². The smallest absolute Gasteiger partial charge is 0.0794 e. The van der Waals surface area contributed by atoms with Gasteiger partial charge in [0.25, 0.3) is 0 Å². The summed E-state index contributed by atoms with van der Waals surface area (Å²) in [6.45, 7) is 7.80. The second-order valence-electron chi connectivity index (χ2n) is 5.28. The number of nitrogens with one attached hydrogen (secondary N) is 1. The lowest BCUT2D eigenvalue weighted by Crippen LogP contribution is -2.39. The van der Waals surface area contributed by atoms with Crippen LogP contribution in [0.4, 0.5) is 0 Å². The molecule has 0 fully saturated rings. The van der Waals surface area contributed by atoms with Gasteiger partial charge in [0.15, 0.2) is 0 Å². The molecule has 0 amide bonds. The molecule has 98 valence electrons. The number of nitrogens with zero attached hydrogens (tertiary/aromatic N) is 2. The largest absolute Gasteiger partial charge is 0.308 e. The quantitative estimate of drug-likeness (QED) is 0.812. The van der Waals surface area contributed by atoms with Crippen LogP contribution in [0, 0.1) is 5.92 Å². The van der Waals surface area contributed by atoms with Gasteiger partial charge in [-0.2, -0.15) is 0 Å². The van der Waals surface area contributed by atoms with E-state index in [9.17, 15) is 0 Å². The first-order chi connectivity index (χ1) is 8.00. The van der Waals surface area contributed by atoms with Crippen LogP contribution in [0.3, 0.4) is 0 Å². The van der Waals surface area contributed by atoms with E-state index >= 15 is 0 Å². The topological polar surface area (TPSA) is 28.2 Å². The Balaban J connectivity index is 2.41. The molecule has 0 aromatic carbocycles. The van der Waals surface area contributed by atoms with Gasteiger partial charge in [-0.05, 0) is 33.4 Å². The highest BCUT2D eigenvalue weighted by Gasteiger charge is 2.15. The molecule has 17 heavy (non-hydrogen) atoms. The number of hydrogen-bond acceptors (Lipinski definition) is 4. The molecule has 0 aliphatic rings. The maximum absolute atomic E-state index is 4.12. The molecular formula is C13H25N3S. The van der Waals surface area contributed by atoms with Crippen molar-refractivity contribution in [1.29, 1.82) is 0 Å². The third kappa shape index (κ3) is 5.15. The van der Waals surface area contributed by atoms with Gasteiger partial charge in [-0.3, -0.25) is 4.98 Å². The van der Waals surface area contributed by atoms with E-state index in [-0.39, 0.29) is 0 Å². The van der Waals surface area contributed by atoms with Gasteiger partial charge in [0.2, 0.25) is 0 Å². The van der Waals surface area contributed by atoms with Crippen molar-refractivity contribution in [3.05, 3.63) is 16.6 Å². The molecule has 0 spiro atoms. The van der Waals surface area contributed by atoms with Crippen molar-refractivity contribution in [2.45, 2.75) is 39.3 Å². The molecule has 0 radical (unpaired) electrons. The first kappa shape index (κ1) is 14.6. The van der Waals surface area contributed by atoms with Crippen LogP contribution in [0.2, 0.25) is 0 Å². The van der Waals surface area contributed by atoms with E-state index in [1.165, 1.54) is 11.3 Å². The lowest BCUT2D eigenvalue weighted by atomic mass is 10.0. The van der Waals surface area contributed by atoms with E-state index in [1.54, 1.807) is 11.3 Å². The van der Waals surface area contributed by atoms with E-state index in [0.29, 0.717) is 12.1 Å². The molecule has 4 heteroatoms. The Morgan fingerprint density at radius 2 is 2.06 bits per heavy atom. The van der Waals surface area contributed by atoms with Crippen LogP contribution < -0.4 is 5.32 Å². The lowest BCUT2D eigenvalue weighted by molar-refractivity contribution is 0.242. The SMILES string of the molecule is CC(C)CC(CNC(C)c1cncs1)N(C)C. The van der Waals surface area contributed by atoms with Crippen LogP contribution in [0.25, 0.3) is 0 Å². The zero-order chi connectivity index (χ0) is 12.8. The summed E-state index contributed by atoms with van der Waals surface area (Å²) in [6, 6.07) is 1.00. The summed E-state index contributed by atoms with van der Waals surface area (Å²) in [6.07, 6.45) is 3.19. The monoisotopic (exact) mass is 255 g/mol. The van der Waals surface area contributed by atoms with Gasteiger partial charge in [-0.15, -0.1) is 11.3 Å². The summed E-state index contributed by atoms with van der Waals surface area (Å²) in [5.41, 5.74) is 1.89. The van der Waals surface area contributed by atoms with Crippen LogP contribution in [-0.4, -0.2) is 36.6 Å². The lowest BCUT2D eigenvalue weighted by Gasteiger charge is -2.27. The predicted molar refractivity (Wildman–Crippen MR) is 75.5 cm³/mol. The molecule has 0 saturated heterocycles. The van der Waals surface area contributed by atoms with Crippen molar-refractivity contribution in [3.8, 4) is 0 Å². The fraction of sp³-hybridized carbons (Fsp3) is 0.769. The van der Waals surface area contributed by atoms with Crippen molar-refractivity contribution < 1.29 is 0 Å². The van der Waals surface area contributed by atoms with Crippen molar-refractivity contribution >= 4 is 11.3 Å². The summed E-state index contributed by atoms with van der Waals surface area (Å²) in [4.78, 5) is 7.75. The first-order valence-corrected chi connectivity index (χ1v) is 7.16. The molecule has 2 atom stereocenters. The molecule has 1 heterocycles. The Kier molecular flexibility index (Phi) is 6.09. The van der Waals surface area contributed by atoms with Gasteiger partial charge in [0, 0.05) is 29.7 Å². The number of likely N-dealkylation sites (N-methyl/N-ethyl adjacent to an activating group) is 1. The molecular weight excluding hydrogens is 230 g/mol. The number of thiazole rings is 1. The Morgan fingerprint density at radius 3 is 2.53 bits per heavy atom. The van der Waals surface area contributed by atoms with Crippen molar-refractivity contribution in [1.82, 2.24) is 15.2 Å². The third-order valence-electron chi connectivity index (χ3n) is 3.01. The highest BCUT2D eigenvalue weighted by atomic mass is 32.1. The zero-order valence-corrected chi connectivity index (χ0v) is 12.4. The summed E-state index contributed by atoms with van der Waals surface area (Å²) in [5.74, 6) is 0.739. The minimum Gasteiger partial charge on any atom is -0.308 e. The highest BCUT2D eigenvalue weighted by Crippen LogP contribution is 2.17. The van der Waals surface area contributed by atoms with E-state index in [2.05, 4.69) is 50.1 Å². The molecule has 0 aliphatic heterocycles. The number of rotatable bonds is 7. The van der Waals surface area contributed by atoms with E-state index in [1.807, 2.05) is 11.7 Å². The molecule has 0 saturated carbocycles. The Morgan fingerprint density at radius 1 is 1.35 bits per heavy atom. The highest BCUT2D eigenvalue weighted by molar-refractivity contribution is 7.09. The molecule has 1 rings (SSSR count). The second-order valence-corrected chi connectivity index (χ2v) is 6.20. The second kappa shape index (κ2) is 7.09. The van der Waals surface area contributed by atoms with E-state index in [0.717, 1.165) is 12.5 Å². The summed E-state index contributed by atoms with van der Waals surface area (Å²) >= 11 is 1.72. The summed E-state index contributed by atoms with van der Waals surface area (Å²) in [7, 11) is 4.32. The van der Waals surface area contributed by atoms with Gasteiger partial charge >= 0.3 is 0 Å². The average molecular weight is 255 g/mol. The number of hydrogen-bond donors (Lipinski definition) is 1. The van der Waals surface area contributed by atoms with Gasteiger partial charge in [0.1, 0.15) is 0 Å². The van der Waals surface area contributed by atoms with Crippen LogP contribution >= 0.6 is 11.3 Å². The fourth-order valence-electron chi connectivity index (χ4n) is 1.87. The molecule has 3 nitrogen and oxygen atoms in total. The van der Waals surface area contributed by atoms with Gasteiger partial charge in [-0.25, -0.2) is 0 Å². The maximum atomic E-state index is 4.12. The molecule has 0 bridgehead atoms. The zero-order valence-electron chi connectivity index (χ0n) is 11.6. The maximum Gasteiger partial charge on any atom is 0.0794 e. The van der Waals surface area contributed by atoms with Crippen LogP contribution in [0.1, 0.15) is 38.1 Å². The third-order valence-corrected chi connectivity index (χ3v) is 3.97.